The third-order valence-corrected chi connectivity index (χ3v) is 1.82. The van der Waals surface area contributed by atoms with Crippen molar-refractivity contribution in [2.45, 2.75) is 34.6 Å². The number of aryl methyl sites for hydroxylation is 2. The smallest absolute Gasteiger partial charge is 0.251 e. The lowest BCUT2D eigenvalue weighted by molar-refractivity contribution is 0.0955. The van der Waals surface area contributed by atoms with Gasteiger partial charge >= 0.3 is 0 Å². The van der Waals surface area contributed by atoms with E-state index in [0.717, 1.165) is 16.7 Å². The van der Waals surface area contributed by atoms with Gasteiger partial charge in [-0.05, 0) is 32.9 Å². The summed E-state index contributed by atoms with van der Waals surface area (Å²) in [6.07, 6.45) is 0. The Balaban J connectivity index is 0. The Kier molecular flexibility index (Phi) is 6.43. The fourth-order valence-electron chi connectivity index (χ4n) is 1.37. The van der Waals surface area contributed by atoms with Crippen LogP contribution in [0.5, 0.6) is 0 Å². The van der Waals surface area contributed by atoms with E-state index >= 15 is 0 Å². The van der Waals surface area contributed by atoms with Gasteiger partial charge in [0.2, 0.25) is 0 Å². The van der Waals surface area contributed by atoms with E-state index in [1.165, 1.54) is 0 Å². The lowest BCUT2D eigenvalue weighted by atomic mass is 10.1. The molecule has 2 heteroatoms. The first kappa shape index (κ1) is 13.7. The fourth-order valence-corrected chi connectivity index (χ4v) is 1.37. The van der Waals surface area contributed by atoms with E-state index < -0.39 is 0 Å². The average molecular weight is 209 g/mol. The van der Waals surface area contributed by atoms with Gasteiger partial charge in [-0.3, -0.25) is 4.79 Å². The van der Waals surface area contributed by atoms with E-state index in [0.29, 0.717) is 6.54 Å². The van der Waals surface area contributed by atoms with Crippen LogP contribution in [-0.4, -0.2) is 12.5 Å². The molecule has 1 aromatic carbocycles. The first-order valence-electron chi connectivity index (χ1n) is 5.50. The highest BCUT2D eigenvalue weighted by Gasteiger charge is 2.04. The molecule has 0 fully saturated rings. The SMILES string of the molecule is CC.CCNC(=O)c1cc(C)cc(C)c1.[HH]. The molecule has 0 radical (unpaired) electrons. The van der Waals surface area contributed by atoms with Gasteiger partial charge in [-0.15, -0.1) is 0 Å². The summed E-state index contributed by atoms with van der Waals surface area (Å²) in [4.78, 5) is 11.4. The van der Waals surface area contributed by atoms with Crippen molar-refractivity contribution in [2.75, 3.05) is 6.54 Å². The van der Waals surface area contributed by atoms with Crippen LogP contribution in [0.1, 0.15) is 43.7 Å². The summed E-state index contributed by atoms with van der Waals surface area (Å²) < 4.78 is 0. The molecule has 1 aromatic rings. The first-order chi connectivity index (χ1) is 7.13. The molecule has 0 aliphatic rings. The predicted molar refractivity (Wildman–Crippen MR) is 67.4 cm³/mol. The molecule has 0 saturated heterocycles. The molecular formula is C13H23NO. The van der Waals surface area contributed by atoms with E-state index in [4.69, 9.17) is 0 Å². The summed E-state index contributed by atoms with van der Waals surface area (Å²) in [6.45, 7) is 10.6. The lowest BCUT2D eigenvalue weighted by Gasteiger charge is -2.04. The van der Waals surface area contributed by atoms with Crippen LogP contribution in [-0.2, 0) is 0 Å². The van der Waals surface area contributed by atoms with E-state index in [9.17, 15) is 4.79 Å². The second-order valence-corrected chi connectivity index (χ2v) is 3.24. The maximum absolute atomic E-state index is 11.4. The van der Waals surface area contributed by atoms with Gasteiger partial charge in [0, 0.05) is 13.5 Å². The summed E-state index contributed by atoms with van der Waals surface area (Å²) in [5.41, 5.74) is 3.00. The van der Waals surface area contributed by atoms with Crippen molar-refractivity contribution in [1.82, 2.24) is 5.32 Å². The lowest BCUT2D eigenvalue weighted by Crippen LogP contribution is -2.22. The maximum atomic E-state index is 11.4. The van der Waals surface area contributed by atoms with Crippen LogP contribution in [0, 0.1) is 13.8 Å². The number of carbonyl (C=O) groups excluding carboxylic acids is 1. The van der Waals surface area contributed by atoms with Crippen LogP contribution in [0.15, 0.2) is 18.2 Å². The molecule has 15 heavy (non-hydrogen) atoms. The van der Waals surface area contributed by atoms with Crippen molar-refractivity contribution >= 4 is 5.91 Å². The highest BCUT2D eigenvalue weighted by atomic mass is 16.1. The number of nitrogens with one attached hydrogen (secondary N) is 1. The molecule has 0 aliphatic carbocycles. The van der Waals surface area contributed by atoms with Crippen molar-refractivity contribution < 1.29 is 6.22 Å². The normalized spacial score (nSPS) is 8.87. The number of carbonyl (C=O) groups is 1. The largest absolute Gasteiger partial charge is 0.352 e. The Morgan fingerprint density at radius 3 is 2.07 bits per heavy atom. The number of benzene rings is 1. The quantitative estimate of drug-likeness (QED) is 0.795. The molecule has 0 saturated carbocycles. The van der Waals surface area contributed by atoms with Crippen molar-refractivity contribution in [3.05, 3.63) is 34.9 Å². The van der Waals surface area contributed by atoms with Gasteiger partial charge in [-0.25, -0.2) is 0 Å². The average Bonchev–Trinajstić information content (AvgIpc) is 2.20. The van der Waals surface area contributed by atoms with Gasteiger partial charge in [0.15, 0.2) is 0 Å². The van der Waals surface area contributed by atoms with Gasteiger partial charge in [0.1, 0.15) is 0 Å². The van der Waals surface area contributed by atoms with Crippen LogP contribution in [0.25, 0.3) is 0 Å². The van der Waals surface area contributed by atoms with Gasteiger partial charge in [0.25, 0.3) is 5.91 Å². The molecule has 0 heterocycles. The number of rotatable bonds is 2. The standard InChI is InChI=1S/C11H15NO.C2H6.H2/c1-4-12-11(13)10-6-8(2)5-9(3)7-10;1-2;/h5-7H,4H2,1-3H3,(H,12,13);1-2H3;1H. The molecule has 0 bridgehead atoms. The highest BCUT2D eigenvalue weighted by Crippen LogP contribution is 2.08. The highest BCUT2D eigenvalue weighted by molar-refractivity contribution is 5.94. The zero-order valence-corrected chi connectivity index (χ0v) is 10.3. The zero-order valence-electron chi connectivity index (χ0n) is 10.3. The second-order valence-electron chi connectivity index (χ2n) is 3.24. The second kappa shape index (κ2) is 7.04. The molecule has 0 atom stereocenters. The molecule has 0 unspecified atom stereocenters. The zero-order chi connectivity index (χ0) is 11.8. The molecule has 86 valence electrons. The molecule has 1 amide bonds. The van der Waals surface area contributed by atoms with E-state index in [-0.39, 0.29) is 7.33 Å². The van der Waals surface area contributed by atoms with Crippen molar-refractivity contribution in [3.63, 3.8) is 0 Å². The van der Waals surface area contributed by atoms with Crippen LogP contribution < -0.4 is 5.32 Å². The third kappa shape index (κ3) is 4.63. The van der Waals surface area contributed by atoms with E-state index in [1.54, 1.807) is 0 Å². The number of amides is 1. The summed E-state index contributed by atoms with van der Waals surface area (Å²) in [5.74, 6) is 0.00861. The maximum Gasteiger partial charge on any atom is 0.251 e. The monoisotopic (exact) mass is 209 g/mol. The molecule has 0 spiro atoms. The minimum absolute atomic E-state index is 0. The molecule has 1 N–H and O–H groups in total. The molecule has 2 nitrogen and oxygen atoms in total. The summed E-state index contributed by atoms with van der Waals surface area (Å²) in [6, 6.07) is 5.86. The molecule has 1 rings (SSSR count). The Labute approximate surface area is 94.2 Å². The minimum atomic E-state index is 0. The summed E-state index contributed by atoms with van der Waals surface area (Å²) in [5, 5.41) is 2.78. The summed E-state index contributed by atoms with van der Waals surface area (Å²) >= 11 is 0. The van der Waals surface area contributed by atoms with Gasteiger partial charge in [0.05, 0.1) is 0 Å². The van der Waals surface area contributed by atoms with Gasteiger partial charge in [-0.1, -0.05) is 31.0 Å². The Hall–Kier alpha value is -1.31. The number of hydrogen-bond acceptors (Lipinski definition) is 1. The summed E-state index contributed by atoms with van der Waals surface area (Å²) in [7, 11) is 0. The first-order valence-corrected chi connectivity index (χ1v) is 5.50. The fraction of sp³-hybridized carbons (Fsp3) is 0.462. The minimum Gasteiger partial charge on any atom is -0.352 e. The third-order valence-electron chi connectivity index (χ3n) is 1.82. The van der Waals surface area contributed by atoms with Gasteiger partial charge in [-0.2, -0.15) is 0 Å². The molecular weight excluding hydrogens is 186 g/mol. The predicted octanol–water partition coefficient (Wildman–Crippen LogP) is 3.33. The van der Waals surface area contributed by atoms with Crippen molar-refractivity contribution in [3.8, 4) is 0 Å². The van der Waals surface area contributed by atoms with E-state index in [2.05, 4.69) is 11.4 Å². The van der Waals surface area contributed by atoms with Gasteiger partial charge < -0.3 is 5.32 Å². The topological polar surface area (TPSA) is 29.1 Å². The van der Waals surface area contributed by atoms with Crippen LogP contribution in [0.4, 0.5) is 0 Å². The Morgan fingerprint density at radius 1 is 1.20 bits per heavy atom. The van der Waals surface area contributed by atoms with Crippen molar-refractivity contribution in [1.29, 1.82) is 0 Å². The molecule has 0 aromatic heterocycles. The number of hydrogen-bond donors (Lipinski definition) is 1. The van der Waals surface area contributed by atoms with Crippen molar-refractivity contribution in [2.24, 2.45) is 0 Å². The van der Waals surface area contributed by atoms with E-state index in [1.807, 2.05) is 46.8 Å². The van der Waals surface area contributed by atoms with Crippen LogP contribution in [0.2, 0.25) is 0 Å². The Morgan fingerprint density at radius 2 is 1.67 bits per heavy atom. The van der Waals surface area contributed by atoms with Crippen LogP contribution >= 0.6 is 0 Å². The molecule has 0 aliphatic heterocycles. The Bertz CT molecular complexity index is 303. The van der Waals surface area contributed by atoms with Crippen LogP contribution in [0.3, 0.4) is 0 Å².